The van der Waals surface area contributed by atoms with E-state index in [1.807, 2.05) is 41.6 Å². The van der Waals surface area contributed by atoms with E-state index in [9.17, 15) is 10.0 Å². The van der Waals surface area contributed by atoms with E-state index in [0.717, 1.165) is 50.9 Å². The molecule has 2 aliphatic heterocycles. The SMILES string of the molecule is O=C(C1CCN(Cc2ccncc2)CC1)N1CCC(/C(=N/O)c2ccc(Cl)cc2)CC1. The lowest BCUT2D eigenvalue weighted by Gasteiger charge is -2.37. The highest BCUT2D eigenvalue weighted by molar-refractivity contribution is 6.30. The van der Waals surface area contributed by atoms with Gasteiger partial charge in [0, 0.05) is 48.9 Å². The minimum Gasteiger partial charge on any atom is -0.411 e. The van der Waals surface area contributed by atoms with E-state index < -0.39 is 0 Å². The lowest BCUT2D eigenvalue weighted by molar-refractivity contribution is -0.138. The lowest BCUT2D eigenvalue weighted by Crippen LogP contribution is -2.46. The molecular formula is C24H29ClN4O2. The molecule has 2 aromatic rings. The first-order valence-corrected chi connectivity index (χ1v) is 11.4. The molecular weight excluding hydrogens is 412 g/mol. The molecule has 6 nitrogen and oxygen atoms in total. The molecule has 31 heavy (non-hydrogen) atoms. The molecule has 2 aliphatic rings. The fraction of sp³-hybridized carbons (Fsp3) is 0.458. The summed E-state index contributed by atoms with van der Waals surface area (Å²) in [6, 6.07) is 11.5. The Balaban J connectivity index is 1.26. The van der Waals surface area contributed by atoms with Crippen molar-refractivity contribution in [3.8, 4) is 0 Å². The van der Waals surface area contributed by atoms with Crippen LogP contribution in [-0.2, 0) is 11.3 Å². The Hall–Kier alpha value is -2.44. The highest BCUT2D eigenvalue weighted by Gasteiger charge is 2.32. The molecule has 0 spiro atoms. The van der Waals surface area contributed by atoms with Crippen LogP contribution in [0, 0.1) is 11.8 Å². The molecule has 7 heteroatoms. The minimum atomic E-state index is 0.118. The summed E-state index contributed by atoms with van der Waals surface area (Å²) >= 11 is 5.97. The molecule has 0 atom stereocenters. The van der Waals surface area contributed by atoms with Gasteiger partial charge in [0.1, 0.15) is 0 Å². The Morgan fingerprint density at radius 3 is 2.19 bits per heavy atom. The normalized spacial score (nSPS) is 19.5. The van der Waals surface area contributed by atoms with Gasteiger partial charge in [0.05, 0.1) is 5.71 Å². The lowest BCUT2D eigenvalue weighted by atomic mass is 9.87. The Morgan fingerprint density at radius 2 is 1.58 bits per heavy atom. The number of hydrogen-bond donors (Lipinski definition) is 1. The van der Waals surface area contributed by atoms with Crippen LogP contribution in [0.4, 0.5) is 0 Å². The standard InChI is InChI=1S/C24H29ClN4O2/c25-22-3-1-19(2-4-22)23(27-31)20-9-15-29(16-10-20)24(30)21-7-13-28(14-8-21)17-18-5-11-26-12-6-18/h1-6,11-12,20-21,31H,7-10,13-17H2/b27-23+. The topological polar surface area (TPSA) is 69.0 Å². The van der Waals surface area contributed by atoms with Crippen LogP contribution >= 0.6 is 11.6 Å². The first-order valence-electron chi connectivity index (χ1n) is 11.0. The number of oxime groups is 1. The summed E-state index contributed by atoms with van der Waals surface area (Å²) in [7, 11) is 0. The molecule has 2 saturated heterocycles. The summed E-state index contributed by atoms with van der Waals surface area (Å²) in [5, 5.41) is 13.8. The summed E-state index contributed by atoms with van der Waals surface area (Å²) < 4.78 is 0. The number of halogens is 1. The molecule has 0 aliphatic carbocycles. The van der Waals surface area contributed by atoms with E-state index in [2.05, 4.69) is 27.2 Å². The van der Waals surface area contributed by atoms with Crippen LogP contribution in [0.15, 0.2) is 53.9 Å². The maximum absolute atomic E-state index is 13.1. The van der Waals surface area contributed by atoms with Gasteiger partial charge in [-0.05, 0) is 74.2 Å². The average molecular weight is 441 g/mol. The molecule has 0 radical (unpaired) electrons. The predicted molar refractivity (Wildman–Crippen MR) is 121 cm³/mol. The Labute approximate surface area is 188 Å². The number of benzene rings is 1. The second kappa shape index (κ2) is 10.2. The summed E-state index contributed by atoms with van der Waals surface area (Å²) in [6.45, 7) is 4.25. The van der Waals surface area contributed by atoms with Crippen molar-refractivity contribution in [2.45, 2.75) is 32.2 Å². The van der Waals surface area contributed by atoms with Crippen LogP contribution in [0.5, 0.6) is 0 Å². The molecule has 1 amide bonds. The van der Waals surface area contributed by atoms with Gasteiger partial charge in [0.25, 0.3) is 0 Å². The van der Waals surface area contributed by atoms with Crippen molar-refractivity contribution >= 4 is 23.2 Å². The smallest absolute Gasteiger partial charge is 0.225 e. The van der Waals surface area contributed by atoms with Gasteiger partial charge in [-0.2, -0.15) is 0 Å². The van der Waals surface area contributed by atoms with Crippen molar-refractivity contribution < 1.29 is 10.0 Å². The maximum Gasteiger partial charge on any atom is 0.225 e. The minimum absolute atomic E-state index is 0.118. The van der Waals surface area contributed by atoms with Crippen molar-refractivity contribution in [2.75, 3.05) is 26.2 Å². The van der Waals surface area contributed by atoms with E-state index in [4.69, 9.17) is 11.6 Å². The highest BCUT2D eigenvalue weighted by Crippen LogP contribution is 2.27. The number of likely N-dealkylation sites (tertiary alicyclic amines) is 2. The van der Waals surface area contributed by atoms with Crippen molar-refractivity contribution in [1.29, 1.82) is 0 Å². The molecule has 2 fully saturated rings. The number of carbonyl (C=O) groups excluding carboxylic acids is 1. The predicted octanol–water partition coefficient (Wildman–Crippen LogP) is 4.06. The molecule has 4 rings (SSSR count). The van der Waals surface area contributed by atoms with Crippen LogP contribution in [-0.4, -0.2) is 57.8 Å². The second-order valence-corrected chi connectivity index (χ2v) is 8.93. The number of carbonyl (C=O) groups is 1. The average Bonchev–Trinajstić information content (AvgIpc) is 2.82. The van der Waals surface area contributed by atoms with Crippen molar-refractivity contribution in [1.82, 2.24) is 14.8 Å². The van der Waals surface area contributed by atoms with Gasteiger partial charge in [-0.3, -0.25) is 14.7 Å². The Kier molecular flexibility index (Phi) is 7.20. The number of pyridine rings is 1. The van der Waals surface area contributed by atoms with E-state index in [1.54, 1.807) is 0 Å². The van der Waals surface area contributed by atoms with Crippen molar-refractivity contribution in [2.24, 2.45) is 17.0 Å². The van der Waals surface area contributed by atoms with Gasteiger partial charge in [-0.1, -0.05) is 28.9 Å². The van der Waals surface area contributed by atoms with Crippen LogP contribution in [0.2, 0.25) is 5.02 Å². The fourth-order valence-corrected chi connectivity index (χ4v) is 4.84. The molecule has 0 bridgehead atoms. The Morgan fingerprint density at radius 1 is 0.968 bits per heavy atom. The van der Waals surface area contributed by atoms with Crippen LogP contribution in [0.25, 0.3) is 0 Å². The first kappa shape index (κ1) is 21.8. The van der Waals surface area contributed by atoms with Gasteiger partial charge in [0.15, 0.2) is 0 Å². The molecule has 0 saturated carbocycles. The third-order valence-corrected chi connectivity index (χ3v) is 6.79. The summed E-state index contributed by atoms with van der Waals surface area (Å²) in [5.41, 5.74) is 2.84. The van der Waals surface area contributed by atoms with Crippen LogP contribution < -0.4 is 0 Å². The number of piperidine rings is 2. The zero-order valence-corrected chi connectivity index (χ0v) is 18.4. The number of rotatable bonds is 5. The number of aromatic nitrogens is 1. The van der Waals surface area contributed by atoms with Gasteiger partial charge >= 0.3 is 0 Å². The largest absolute Gasteiger partial charge is 0.411 e. The third-order valence-electron chi connectivity index (χ3n) is 6.53. The second-order valence-electron chi connectivity index (χ2n) is 8.50. The van der Waals surface area contributed by atoms with E-state index >= 15 is 0 Å². The molecule has 3 heterocycles. The highest BCUT2D eigenvalue weighted by atomic mass is 35.5. The molecule has 1 aromatic carbocycles. The summed E-state index contributed by atoms with van der Waals surface area (Å²) in [4.78, 5) is 21.6. The molecule has 1 N–H and O–H groups in total. The Bertz CT molecular complexity index is 888. The molecule has 164 valence electrons. The maximum atomic E-state index is 13.1. The molecule has 1 aromatic heterocycles. The zero-order valence-electron chi connectivity index (χ0n) is 17.7. The van der Waals surface area contributed by atoms with Gasteiger partial charge < -0.3 is 10.1 Å². The van der Waals surface area contributed by atoms with Crippen molar-refractivity contribution in [3.63, 3.8) is 0 Å². The van der Waals surface area contributed by atoms with Gasteiger partial charge in [0.2, 0.25) is 5.91 Å². The number of hydrogen-bond acceptors (Lipinski definition) is 5. The fourth-order valence-electron chi connectivity index (χ4n) is 4.71. The monoisotopic (exact) mass is 440 g/mol. The summed E-state index contributed by atoms with van der Waals surface area (Å²) in [5.74, 6) is 0.556. The molecule has 0 unspecified atom stereocenters. The quantitative estimate of drug-likeness (QED) is 0.432. The zero-order chi connectivity index (χ0) is 21.6. The van der Waals surface area contributed by atoms with Gasteiger partial charge in [-0.25, -0.2) is 0 Å². The van der Waals surface area contributed by atoms with Crippen LogP contribution in [0.3, 0.4) is 0 Å². The van der Waals surface area contributed by atoms with Crippen molar-refractivity contribution in [3.05, 3.63) is 64.9 Å². The summed E-state index contributed by atoms with van der Waals surface area (Å²) in [6.07, 6.45) is 7.11. The van der Waals surface area contributed by atoms with E-state index in [0.29, 0.717) is 23.8 Å². The first-order chi connectivity index (χ1) is 15.1. The van der Waals surface area contributed by atoms with Crippen LogP contribution in [0.1, 0.15) is 36.8 Å². The van der Waals surface area contributed by atoms with Gasteiger partial charge in [-0.15, -0.1) is 0 Å². The number of nitrogens with zero attached hydrogens (tertiary/aromatic N) is 4. The number of amides is 1. The van der Waals surface area contributed by atoms with E-state index in [1.165, 1.54) is 5.56 Å². The third kappa shape index (κ3) is 5.43. The van der Waals surface area contributed by atoms with E-state index in [-0.39, 0.29) is 17.7 Å².